The zero-order valence-electron chi connectivity index (χ0n) is 21.4. The minimum absolute atomic E-state index is 0.0555. The number of hydrogen-bond donors (Lipinski definition) is 1. The van der Waals surface area contributed by atoms with Crippen LogP contribution in [-0.2, 0) is 11.3 Å². The van der Waals surface area contributed by atoms with Crippen LogP contribution in [0.4, 0.5) is 6.01 Å². The summed E-state index contributed by atoms with van der Waals surface area (Å²) in [5, 5.41) is 23.3. The first-order chi connectivity index (χ1) is 19.5. The summed E-state index contributed by atoms with van der Waals surface area (Å²) >= 11 is 13.0. The SMILES string of the molecule is O=C(O)c1cccc(-c2nnc(N3[C@@H]4CC[C@H]3CC(OCc3c(-c5c(Cl)cccc5Cl)noc3C3CC3)C4)o2)c1. The minimum Gasteiger partial charge on any atom is -0.478 e. The lowest BCUT2D eigenvalue weighted by molar-refractivity contribution is 0.0139. The molecule has 0 radical (unpaired) electrons. The first-order valence-corrected chi connectivity index (χ1v) is 14.2. The highest BCUT2D eigenvalue weighted by Gasteiger charge is 2.44. The third kappa shape index (κ3) is 4.66. The summed E-state index contributed by atoms with van der Waals surface area (Å²) < 4.78 is 18.4. The molecule has 1 unspecified atom stereocenters. The van der Waals surface area contributed by atoms with Gasteiger partial charge in [-0.3, -0.25) is 0 Å². The number of nitrogens with zero attached hydrogens (tertiary/aromatic N) is 4. The van der Waals surface area contributed by atoms with Crippen molar-refractivity contribution in [1.82, 2.24) is 15.4 Å². The molecule has 4 heterocycles. The van der Waals surface area contributed by atoms with Gasteiger partial charge in [0.2, 0.25) is 5.89 Å². The van der Waals surface area contributed by atoms with Crippen molar-refractivity contribution >= 4 is 35.2 Å². The van der Waals surface area contributed by atoms with Crippen LogP contribution >= 0.6 is 23.2 Å². The van der Waals surface area contributed by atoms with Crippen molar-refractivity contribution in [2.45, 2.75) is 69.2 Å². The molecule has 2 aromatic carbocycles. The molecule has 4 aromatic rings. The molecule has 11 heteroatoms. The number of halogens is 2. The Hall–Kier alpha value is -3.40. The van der Waals surface area contributed by atoms with Gasteiger partial charge in [-0.15, -0.1) is 5.10 Å². The molecule has 2 bridgehead atoms. The predicted molar refractivity (Wildman–Crippen MR) is 148 cm³/mol. The first-order valence-electron chi connectivity index (χ1n) is 13.5. The van der Waals surface area contributed by atoms with Crippen LogP contribution in [0.2, 0.25) is 10.0 Å². The number of carboxylic acid groups (broad SMARTS) is 1. The zero-order valence-corrected chi connectivity index (χ0v) is 22.9. The molecule has 2 aliphatic heterocycles. The van der Waals surface area contributed by atoms with Crippen molar-refractivity contribution in [2.75, 3.05) is 4.90 Å². The molecule has 3 fully saturated rings. The Balaban J connectivity index is 1.07. The monoisotopic (exact) mass is 580 g/mol. The average Bonchev–Trinajstić information content (AvgIpc) is 3.41. The Kier molecular flexibility index (Phi) is 6.53. The van der Waals surface area contributed by atoms with Crippen molar-refractivity contribution in [3.63, 3.8) is 0 Å². The van der Waals surface area contributed by atoms with Crippen LogP contribution in [-0.4, -0.2) is 44.6 Å². The molecule has 9 nitrogen and oxygen atoms in total. The highest BCUT2D eigenvalue weighted by Crippen LogP contribution is 2.47. The van der Waals surface area contributed by atoms with E-state index in [1.807, 2.05) is 6.07 Å². The van der Waals surface area contributed by atoms with E-state index in [1.165, 1.54) is 6.07 Å². The van der Waals surface area contributed by atoms with Gasteiger partial charge in [-0.1, -0.05) is 45.6 Å². The van der Waals surface area contributed by atoms with E-state index in [1.54, 1.807) is 30.3 Å². The van der Waals surface area contributed by atoms with E-state index in [0.717, 1.165) is 49.8 Å². The van der Waals surface area contributed by atoms with Gasteiger partial charge in [-0.25, -0.2) is 4.79 Å². The lowest BCUT2D eigenvalue weighted by Crippen LogP contribution is -2.45. The topological polar surface area (TPSA) is 115 Å². The number of hydrogen-bond acceptors (Lipinski definition) is 8. The number of carboxylic acids is 1. The standard InChI is InChI=1S/C29H26Cl2N4O5/c30-22-5-2-6-23(31)24(22)25-21(26(40-34-25)15-7-8-15)14-38-20-12-18-9-10-19(13-20)35(18)29-33-32-27(39-29)16-3-1-4-17(11-16)28(36)37/h1-6,11,15,18-20H,7-10,12-14H2,(H,36,37)/t18-,19+,20?. The van der Waals surface area contributed by atoms with Gasteiger partial charge < -0.3 is 23.7 Å². The largest absolute Gasteiger partial charge is 0.478 e. The third-order valence-corrected chi connectivity index (χ3v) is 8.74. The Morgan fingerprint density at radius 2 is 1.75 bits per heavy atom. The number of anilines is 1. The minimum atomic E-state index is -1.00. The number of aromatic nitrogens is 3. The summed E-state index contributed by atoms with van der Waals surface area (Å²) in [5.41, 5.74) is 3.02. The molecular weight excluding hydrogens is 555 g/mol. The van der Waals surface area contributed by atoms with Gasteiger partial charge in [0.25, 0.3) is 0 Å². The van der Waals surface area contributed by atoms with Crippen LogP contribution in [0.25, 0.3) is 22.7 Å². The fraction of sp³-hybridized carbons (Fsp3) is 0.379. The summed E-state index contributed by atoms with van der Waals surface area (Å²) in [6.07, 6.45) is 5.89. The number of fused-ring (bicyclic) bond motifs is 2. The van der Waals surface area contributed by atoms with E-state index in [2.05, 4.69) is 20.3 Å². The van der Waals surface area contributed by atoms with Crippen molar-refractivity contribution in [3.05, 3.63) is 69.4 Å². The second-order valence-corrected chi connectivity index (χ2v) is 11.5. The fourth-order valence-corrected chi connectivity index (χ4v) is 6.62. The summed E-state index contributed by atoms with van der Waals surface area (Å²) in [6.45, 7) is 0.376. The summed E-state index contributed by atoms with van der Waals surface area (Å²) in [5.74, 6) is 0.541. The van der Waals surface area contributed by atoms with E-state index in [9.17, 15) is 9.90 Å². The van der Waals surface area contributed by atoms with Crippen LogP contribution in [0.15, 0.2) is 51.4 Å². The van der Waals surface area contributed by atoms with E-state index >= 15 is 0 Å². The third-order valence-electron chi connectivity index (χ3n) is 8.11. The predicted octanol–water partition coefficient (Wildman–Crippen LogP) is 6.99. The highest BCUT2D eigenvalue weighted by atomic mass is 35.5. The normalized spacial score (nSPS) is 22.1. The summed E-state index contributed by atoms with van der Waals surface area (Å²) in [7, 11) is 0. The molecule has 0 amide bonds. The Morgan fingerprint density at radius 3 is 2.45 bits per heavy atom. The molecule has 7 rings (SSSR count). The number of piperidine rings is 1. The van der Waals surface area contributed by atoms with Crippen molar-refractivity contribution in [2.24, 2.45) is 0 Å². The van der Waals surface area contributed by atoms with Gasteiger partial charge >= 0.3 is 12.0 Å². The molecule has 40 heavy (non-hydrogen) atoms. The van der Waals surface area contributed by atoms with Gasteiger partial charge in [-0.2, -0.15) is 0 Å². The molecule has 3 aliphatic rings. The van der Waals surface area contributed by atoms with Crippen molar-refractivity contribution < 1.29 is 23.6 Å². The number of aromatic carboxylic acids is 1. The van der Waals surface area contributed by atoms with Crippen LogP contribution < -0.4 is 4.90 Å². The molecule has 0 spiro atoms. The number of carbonyl (C=O) groups is 1. The van der Waals surface area contributed by atoms with Crippen molar-refractivity contribution in [3.8, 4) is 22.7 Å². The zero-order chi connectivity index (χ0) is 27.4. The maximum atomic E-state index is 11.4. The molecular formula is C29H26Cl2N4O5. The lowest BCUT2D eigenvalue weighted by atomic mass is 10.00. The maximum absolute atomic E-state index is 11.4. The van der Waals surface area contributed by atoms with Crippen LogP contribution in [0, 0.1) is 0 Å². The molecule has 3 atom stereocenters. The molecule has 2 saturated heterocycles. The Bertz CT molecular complexity index is 1550. The van der Waals surface area contributed by atoms with Gasteiger partial charge in [0.1, 0.15) is 11.5 Å². The highest BCUT2D eigenvalue weighted by molar-refractivity contribution is 6.39. The molecule has 2 aromatic heterocycles. The first kappa shape index (κ1) is 25.6. The molecule has 1 aliphatic carbocycles. The summed E-state index contributed by atoms with van der Waals surface area (Å²) in [6, 6.07) is 12.8. The average molecular weight is 581 g/mol. The van der Waals surface area contributed by atoms with Gasteiger partial charge in [0.15, 0.2) is 0 Å². The molecule has 206 valence electrons. The smallest absolute Gasteiger partial charge is 0.335 e. The van der Waals surface area contributed by atoms with Crippen LogP contribution in [0.1, 0.15) is 66.1 Å². The van der Waals surface area contributed by atoms with Gasteiger partial charge in [0.05, 0.1) is 28.3 Å². The fourth-order valence-electron chi connectivity index (χ4n) is 6.05. The van der Waals surface area contributed by atoms with Crippen molar-refractivity contribution in [1.29, 1.82) is 0 Å². The van der Waals surface area contributed by atoms with Crippen LogP contribution in [0.3, 0.4) is 0 Å². The quantitative estimate of drug-likeness (QED) is 0.235. The van der Waals surface area contributed by atoms with E-state index < -0.39 is 5.97 Å². The van der Waals surface area contributed by atoms with Gasteiger partial charge in [0, 0.05) is 34.7 Å². The van der Waals surface area contributed by atoms with E-state index in [-0.39, 0.29) is 23.8 Å². The number of rotatable bonds is 8. The van der Waals surface area contributed by atoms with E-state index in [4.69, 9.17) is 36.9 Å². The van der Waals surface area contributed by atoms with E-state index in [0.29, 0.717) is 51.3 Å². The summed E-state index contributed by atoms with van der Waals surface area (Å²) in [4.78, 5) is 13.6. The maximum Gasteiger partial charge on any atom is 0.335 e. The Morgan fingerprint density at radius 1 is 1.02 bits per heavy atom. The second kappa shape index (κ2) is 10.2. The molecule has 1 saturated carbocycles. The number of benzene rings is 2. The number of ether oxygens (including phenoxy) is 1. The van der Waals surface area contributed by atoms with Gasteiger partial charge in [-0.05, 0) is 68.9 Å². The molecule has 1 N–H and O–H groups in total. The van der Waals surface area contributed by atoms with Crippen LogP contribution in [0.5, 0.6) is 0 Å². The second-order valence-electron chi connectivity index (χ2n) is 10.7. The lowest BCUT2D eigenvalue weighted by Gasteiger charge is -2.37. The Labute approximate surface area is 240 Å².